The molecule has 9 heteroatoms. The third-order valence-corrected chi connectivity index (χ3v) is 7.04. The Morgan fingerprint density at radius 2 is 2.03 bits per heavy atom. The van der Waals surface area contributed by atoms with Crippen molar-refractivity contribution < 1.29 is 28.2 Å². The first-order chi connectivity index (χ1) is 13.5. The topological polar surface area (TPSA) is 116 Å². The average molecular weight is 425 g/mol. The maximum absolute atomic E-state index is 12.1. The molecule has 1 unspecified atom stereocenters. The third kappa shape index (κ3) is 4.44. The predicted octanol–water partition coefficient (Wildman–Crippen LogP) is 2.88. The lowest BCUT2D eigenvalue weighted by Crippen LogP contribution is -2.30. The molecule has 1 aromatic rings. The van der Waals surface area contributed by atoms with Crippen LogP contribution in [0, 0.1) is 11.3 Å². The predicted molar refractivity (Wildman–Crippen MR) is 109 cm³/mol. The molecule has 0 aromatic heterocycles. The Labute approximate surface area is 171 Å². The number of aryl methyl sites for hydroxylation is 1. The van der Waals surface area contributed by atoms with Gasteiger partial charge in [-0.05, 0) is 68.7 Å². The van der Waals surface area contributed by atoms with E-state index < -0.39 is 21.5 Å². The van der Waals surface area contributed by atoms with Crippen LogP contribution < -0.4 is 9.03 Å². The first-order valence-electron chi connectivity index (χ1n) is 9.69. The van der Waals surface area contributed by atoms with Crippen LogP contribution in [-0.4, -0.2) is 31.7 Å². The second kappa shape index (κ2) is 7.78. The molecule has 160 valence electrons. The van der Waals surface area contributed by atoms with E-state index in [1.165, 1.54) is 7.11 Å². The van der Waals surface area contributed by atoms with E-state index in [-0.39, 0.29) is 17.4 Å². The highest BCUT2D eigenvalue weighted by molar-refractivity contribution is 7.91. The number of aromatic hydroxyl groups is 1. The average Bonchev–Trinajstić information content (AvgIpc) is 2.92. The molecule has 3 N–H and O–H groups in total. The lowest BCUT2D eigenvalue weighted by Gasteiger charge is -2.28. The fraction of sp³-hybridized carbons (Fsp3) is 0.550. The molecule has 8 nitrogen and oxygen atoms in total. The highest BCUT2D eigenvalue weighted by atomic mass is 32.2. The van der Waals surface area contributed by atoms with Crippen LogP contribution in [0.4, 0.5) is 5.69 Å². The summed E-state index contributed by atoms with van der Waals surface area (Å²) in [6.45, 7) is 3.77. The van der Waals surface area contributed by atoms with Gasteiger partial charge in [0, 0.05) is 0 Å². The van der Waals surface area contributed by atoms with Crippen molar-refractivity contribution in [3.63, 3.8) is 0 Å². The standard InChI is InChI=1S/C20H28N2O6S/c1-20(2,19(25)28-3)8-4-5-13-6-7-14-11-17(23)16(10-15(14)9-13)22-12-18(24)21-29(22,26)27/h10-13,21,23-24H,4-9H2,1-3H3. The Morgan fingerprint density at radius 1 is 1.31 bits per heavy atom. The van der Waals surface area contributed by atoms with Crippen molar-refractivity contribution in [2.24, 2.45) is 11.3 Å². The number of nitrogens with one attached hydrogen (secondary N) is 1. The van der Waals surface area contributed by atoms with Gasteiger partial charge in [0.05, 0.1) is 18.7 Å². The molecule has 0 bridgehead atoms. The van der Waals surface area contributed by atoms with Crippen LogP contribution in [0.5, 0.6) is 5.75 Å². The van der Waals surface area contributed by atoms with Gasteiger partial charge in [0.1, 0.15) is 11.4 Å². The zero-order chi connectivity index (χ0) is 21.4. The van der Waals surface area contributed by atoms with E-state index in [4.69, 9.17) is 4.74 Å². The molecule has 29 heavy (non-hydrogen) atoms. The van der Waals surface area contributed by atoms with Crippen molar-refractivity contribution in [3.05, 3.63) is 35.3 Å². The summed E-state index contributed by atoms with van der Waals surface area (Å²) in [5.74, 6) is -0.416. The maximum atomic E-state index is 12.1. The molecule has 1 aliphatic carbocycles. The molecule has 2 aliphatic rings. The Hall–Kier alpha value is -2.42. The lowest BCUT2D eigenvalue weighted by molar-refractivity contribution is -0.151. The number of esters is 1. The Kier molecular flexibility index (Phi) is 5.71. The normalized spacial score (nSPS) is 20.6. The summed E-state index contributed by atoms with van der Waals surface area (Å²) in [5, 5.41) is 19.8. The molecule has 0 saturated carbocycles. The summed E-state index contributed by atoms with van der Waals surface area (Å²) in [5.41, 5.74) is 1.62. The summed E-state index contributed by atoms with van der Waals surface area (Å²) in [6, 6.07) is 3.30. The van der Waals surface area contributed by atoms with E-state index in [9.17, 15) is 23.4 Å². The van der Waals surface area contributed by atoms with E-state index in [0.29, 0.717) is 5.92 Å². The number of anilines is 1. The van der Waals surface area contributed by atoms with E-state index in [2.05, 4.69) is 0 Å². The van der Waals surface area contributed by atoms with Gasteiger partial charge < -0.3 is 14.9 Å². The van der Waals surface area contributed by atoms with Crippen molar-refractivity contribution in [3.8, 4) is 5.75 Å². The number of hydrogen-bond donors (Lipinski definition) is 3. The summed E-state index contributed by atoms with van der Waals surface area (Å²) in [7, 11) is -2.55. The number of aliphatic hydroxyl groups is 1. The summed E-state index contributed by atoms with van der Waals surface area (Å²) >= 11 is 0. The van der Waals surface area contributed by atoms with Crippen molar-refractivity contribution in [1.29, 1.82) is 0 Å². The number of methoxy groups -OCH3 is 1. The zero-order valence-corrected chi connectivity index (χ0v) is 17.8. The fourth-order valence-corrected chi connectivity index (χ4v) is 5.14. The molecule has 1 atom stereocenters. The number of carbonyl (C=O) groups is 1. The Bertz CT molecular complexity index is 939. The van der Waals surface area contributed by atoms with Gasteiger partial charge in [0.2, 0.25) is 5.88 Å². The minimum Gasteiger partial charge on any atom is -0.506 e. The van der Waals surface area contributed by atoms with Gasteiger partial charge in [0.15, 0.2) is 0 Å². The number of ether oxygens (including phenoxy) is 1. The van der Waals surface area contributed by atoms with Crippen molar-refractivity contribution in [1.82, 2.24) is 4.72 Å². The second-order valence-electron chi connectivity index (χ2n) is 8.40. The number of fused-ring (bicyclic) bond motifs is 1. The van der Waals surface area contributed by atoms with Crippen LogP contribution in [-0.2, 0) is 32.6 Å². The van der Waals surface area contributed by atoms with Crippen LogP contribution in [0.25, 0.3) is 0 Å². The van der Waals surface area contributed by atoms with E-state index in [1.807, 2.05) is 18.6 Å². The van der Waals surface area contributed by atoms with Gasteiger partial charge in [-0.2, -0.15) is 8.42 Å². The molecule has 0 fully saturated rings. The van der Waals surface area contributed by atoms with Crippen LogP contribution >= 0.6 is 0 Å². The van der Waals surface area contributed by atoms with Gasteiger partial charge in [0.25, 0.3) is 0 Å². The number of rotatable bonds is 6. The fourth-order valence-electron chi connectivity index (χ4n) is 4.08. The zero-order valence-electron chi connectivity index (χ0n) is 16.9. The molecule has 0 spiro atoms. The lowest BCUT2D eigenvalue weighted by atomic mass is 9.79. The van der Waals surface area contributed by atoms with Crippen LogP contribution in [0.1, 0.15) is 50.7 Å². The smallest absolute Gasteiger partial charge is 0.330 e. The molecule has 0 saturated heterocycles. The first kappa shape index (κ1) is 21.3. The number of carbonyl (C=O) groups excluding carboxylic acids is 1. The summed E-state index contributed by atoms with van der Waals surface area (Å²) < 4.78 is 31.9. The number of aliphatic hydroxyl groups excluding tert-OH is 1. The molecule has 3 rings (SSSR count). The SMILES string of the molecule is COC(=O)C(C)(C)CCCC1CCc2cc(O)c(N3C=C(O)NS3(=O)=O)cc2C1. The van der Waals surface area contributed by atoms with Gasteiger partial charge in [-0.25, -0.2) is 9.03 Å². The largest absolute Gasteiger partial charge is 0.506 e. The quantitative estimate of drug-likeness (QED) is 0.605. The van der Waals surface area contributed by atoms with Crippen molar-refractivity contribution >= 4 is 21.9 Å². The van der Waals surface area contributed by atoms with Crippen LogP contribution in [0.3, 0.4) is 0 Å². The molecular weight excluding hydrogens is 396 g/mol. The summed E-state index contributed by atoms with van der Waals surface area (Å²) in [4.78, 5) is 11.8. The van der Waals surface area contributed by atoms with E-state index in [1.54, 1.807) is 12.1 Å². The highest BCUT2D eigenvalue weighted by Gasteiger charge is 2.32. The maximum Gasteiger partial charge on any atom is 0.330 e. The van der Waals surface area contributed by atoms with Crippen LogP contribution in [0.2, 0.25) is 0 Å². The molecular formula is C20H28N2O6S. The highest BCUT2D eigenvalue weighted by Crippen LogP contribution is 2.39. The number of phenols is 1. The van der Waals surface area contributed by atoms with Gasteiger partial charge in [-0.15, -0.1) is 0 Å². The first-order valence-corrected chi connectivity index (χ1v) is 11.1. The molecule has 1 aromatic carbocycles. The second-order valence-corrected chi connectivity index (χ2v) is 9.95. The monoisotopic (exact) mass is 424 g/mol. The van der Waals surface area contributed by atoms with Gasteiger partial charge >= 0.3 is 16.2 Å². The van der Waals surface area contributed by atoms with Gasteiger partial charge in [-0.1, -0.05) is 12.8 Å². The summed E-state index contributed by atoms with van der Waals surface area (Å²) in [6.07, 6.45) is 6.19. The molecule has 1 aliphatic heterocycles. The number of phenolic OH excluding ortho intramolecular Hbond substituents is 1. The minimum atomic E-state index is -3.96. The molecule has 0 radical (unpaired) electrons. The molecule has 0 amide bonds. The minimum absolute atomic E-state index is 0.118. The molecule has 1 heterocycles. The number of benzene rings is 1. The van der Waals surface area contributed by atoms with Crippen molar-refractivity contribution in [2.45, 2.75) is 52.4 Å². The van der Waals surface area contributed by atoms with E-state index in [0.717, 1.165) is 60.2 Å². The van der Waals surface area contributed by atoms with Crippen LogP contribution in [0.15, 0.2) is 24.2 Å². The Morgan fingerprint density at radius 3 is 2.66 bits per heavy atom. The van der Waals surface area contributed by atoms with E-state index >= 15 is 0 Å². The van der Waals surface area contributed by atoms with Crippen molar-refractivity contribution in [2.75, 3.05) is 11.4 Å². The third-order valence-electron chi connectivity index (χ3n) is 5.75. The number of nitrogens with zero attached hydrogens (tertiary/aromatic N) is 1. The number of hydrogen-bond acceptors (Lipinski definition) is 6. The van der Waals surface area contributed by atoms with Gasteiger partial charge in [-0.3, -0.25) is 4.79 Å². The Balaban J connectivity index is 1.71.